The van der Waals surface area contributed by atoms with Gasteiger partial charge in [-0.15, -0.1) is 0 Å². The smallest absolute Gasteiger partial charge is 0.311 e. The SMILES string of the molecule is CC[C@H]1OC(=O)[C@H](C)[C@@H](OC2C[C@@](C)(OC)[C@@H](OC(C)=O)[C@H](C)O2)[C@H](C)[C@@H](O[C@@H]2O[C@H](C)C[C@H](N(C)C)[C@H]2OC)[C@](C)(OC)C[C@@H](C)C(=O)[C@H](C)[C@@H](O)[C@]1(C)O.CC[C@H]1OC(=O)[C@H](C)[C@@H](OC2C[C@@](C)(OC)[C@@H](OC(C)=O)[C@H](C)O2)[C@H](C)[C@@H](O[C@@H]2O[C@H](C)C[C@H](N(C)C)[C@H]2OC)[C@](C)(OC)C[C@@H](C)C2(O[Si](C)(C)C)OC1(C)[C@H](O[Si](C)(C)C)[C@H]2C. The Balaban J connectivity index is 0.000000375. The zero-order valence-electron chi connectivity index (χ0n) is 80.4. The maximum Gasteiger partial charge on any atom is 0.311 e. The van der Waals surface area contributed by atoms with E-state index in [1.165, 1.54) is 35.0 Å². The molecule has 30 nitrogen and oxygen atoms in total. The number of rotatable bonds is 24. The van der Waals surface area contributed by atoms with E-state index in [0.29, 0.717) is 19.3 Å². The van der Waals surface area contributed by atoms with Gasteiger partial charge in [-0.25, -0.2) is 0 Å². The summed E-state index contributed by atoms with van der Waals surface area (Å²) in [5.41, 5.74) is -7.36. The Bertz CT molecular complexity index is 3300. The summed E-state index contributed by atoms with van der Waals surface area (Å²) in [6.45, 7) is 53.1. The van der Waals surface area contributed by atoms with Crippen molar-refractivity contribution >= 4 is 46.3 Å². The van der Waals surface area contributed by atoms with Crippen LogP contribution in [0.25, 0.3) is 0 Å². The number of ether oxygens (including phenoxy) is 19. The van der Waals surface area contributed by atoms with Crippen molar-refractivity contribution in [3.63, 3.8) is 0 Å². The van der Waals surface area contributed by atoms with Crippen molar-refractivity contribution in [2.75, 3.05) is 70.8 Å². The lowest BCUT2D eigenvalue weighted by Gasteiger charge is -2.51. The highest BCUT2D eigenvalue weighted by Gasteiger charge is 2.69. The van der Waals surface area contributed by atoms with Crippen LogP contribution in [0.5, 0.6) is 0 Å². The molecule has 0 aliphatic carbocycles. The molecule has 0 amide bonds. The van der Waals surface area contributed by atoms with Gasteiger partial charge < -0.3 is 119 Å². The second kappa shape index (κ2) is 42.1. The molecule has 0 aromatic heterocycles. The van der Waals surface area contributed by atoms with E-state index in [1.54, 1.807) is 63.1 Å². The van der Waals surface area contributed by atoms with Crippen LogP contribution in [0.2, 0.25) is 39.3 Å². The molecule has 700 valence electrons. The Morgan fingerprint density at radius 3 is 1.21 bits per heavy atom. The zero-order valence-corrected chi connectivity index (χ0v) is 82.4. The van der Waals surface area contributed by atoms with Crippen LogP contribution in [0, 0.1) is 47.3 Å². The number of hydrogen-bond acceptors (Lipinski definition) is 30. The summed E-state index contributed by atoms with van der Waals surface area (Å²) in [5, 5.41) is 23.2. The fourth-order valence-corrected chi connectivity index (χ4v) is 23.0. The Hall–Kier alpha value is -2.86. The van der Waals surface area contributed by atoms with E-state index in [4.69, 9.17) is 98.9 Å². The summed E-state index contributed by atoms with van der Waals surface area (Å²) in [5.74, 6) is -8.97. The Labute approximate surface area is 721 Å². The van der Waals surface area contributed by atoms with Crippen molar-refractivity contribution in [2.24, 2.45) is 47.3 Å². The highest BCUT2D eigenvalue weighted by Crippen LogP contribution is 2.56. The van der Waals surface area contributed by atoms with E-state index >= 15 is 4.79 Å². The molecule has 0 aromatic carbocycles. The number of esters is 4. The third kappa shape index (κ3) is 24.0. The fraction of sp³-hybridized carbons (Fsp3) is 0.943. The second-order valence-corrected chi connectivity index (χ2v) is 48.5. The predicted octanol–water partition coefficient (Wildman–Crippen LogP) is 11.2. The molecule has 0 saturated carbocycles. The topological polar surface area (TPSA) is 326 Å². The van der Waals surface area contributed by atoms with E-state index in [-0.39, 0.29) is 67.6 Å². The summed E-state index contributed by atoms with van der Waals surface area (Å²) in [6.07, 6.45) is -12.1. The van der Waals surface area contributed by atoms with E-state index in [1.807, 2.05) is 104 Å². The number of methoxy groups -OCH3 is 6. The van der Waals surface area contributed by atoms with Crippen LogP contribution in [-0.4, -0.2) is 311 Å². The van der Waals surface area contributed by atoms with Crippen LogP contribution in [-0.2, 0) is 123 Å². The molecule has 7 saturated heterocycles. The lowest BCUT2D eigenvalue weighted by atomic mass is 9.73. The number of Topliss-reactive ketones (excluding diaryl/α,β-unsaturated/α-hetero) is 1. The van der Waals surface area contributed by atoms with Gasteiger partial charge in [-0.3, -0.25) is 24.0 Å². The van der Waals surface area contributed by atoms with Crippen LogP contribution < -0.4 is 0 Å². The maximum atomic E-state index is 15.1. The number of fused-ring (bicyclic) bond motifs is 2. The number of aliphatic hydroxyl groups excluding tert-OH is 1. The molecule has 0 radical (unpaired) electrons. The molecule has 120 heavy (non-hydrogen) atoms. The van der Waals surface area contributed by atoms with Crippen LogP contribution in [0.1, 0.15) is 204 Å². The molecule has 37 atom stereocenters. The highest BCUT2D eigenvalue weighted by molar-refractivity contribution is 6.70. The van der Waals surface area contributed by atoms with Crippen LogP contribution in [0.3, 0.4) is 0 Å². The fourth-order valence-electron chi connectivity index (χ4n) is 20.5. The largest absolute Gasteiger partial charge is 0.459 e. The van der Waals surface area contributed by atoms with Crippen LogP contribution in [0.4, 0.5) is 0 Å². The van der Waals surface area contributed by atoms with Gasteiger partial charge in [-0.2, -0.15) is 0 Å². The zero-order chi connectivity index (χ0) is 91.4. The third-order valence-corrected chi connectivity index (χ3v) is 29.1. The van der Waals surface area contributed by atoms with Crippen molar-refractivity contribution < 1.29 is 133 Å². The van der Waals surface area contributed by atoms with Gasteiger partial charge in [-0.05, 0) is 189 Å². The quantitative estimate of drug-likeness (QED) is 0.0515. The minimum absolute atomic E-state index is 0.0143. The number of carbonyl (C=O) groups excluding carboxylic acids is 5. The molecule has 7 fully saturated rings. The molecule has 7 aliphatic rings. The van der Waals surface area contributed by atoms with Gasteiger partial charge in [0.05, 0.1) is 84.1 Å². The minimum Gasteiger partial charge on any atom is -0.459 e. The molecule has 2 N–H and O–H groups in total. The number of carbonyl (C=O) groups is 5. The first-order chi connectivity index (χ1) is 55.3. The van der Waals surface area contributed by atoms with Gasteiger partial charge in [-0.1, -0.05) is 55.4 Å². The van der Waals surface area contributed by atoms with Gasteiger partial charge in [0, 0.05) is 117 Å². The molecule has 4 unspecified atom stereocenters. The van der Waals surface area contributed by atoms with Gasteiger partial charge >= 0.3 is 23.9 Å². The van der Waals surface area contributed by atoms with Crippen LogP contribution >= 0.6 is 0 Å². The number of nitrogens with zero attached hydrogens (tertiary/aromatic N) is 2. The number of cyclic esters (lactones) is 2. The maximum absolute atomic E-state index is 15.1. The molecule has 32 heteroatoms. The average molecular weight is 1750 g/mol. The van der Waals surface area contributed by atoms with Crippen molar-refractivity contribution in [3.8, 4) is 0 Å². The third-order valence-electron chi connectivity index (χ3n) is 27.2. The Kier molecular flexibility index (Phi) is 37.2. The Morgan fingerprint density at radius 1 is 0.492 bits per heavy atom. The van der Waals surface area contributed by atoms with Gasteiger partial charge in [0.15, 0.2) is 59.8 Å². The number of likely N-dealkylation sites (N-methyl/N-ethyl adjacent to an activating group) is 2. The van der Waals surface area contributed by atoms with Gasteiger partial charge in [0.1, 0.15) is 52.6 Å². The standard InChI is InChI=1S/C47H89NO14Si2.C41H73NO14/c1-23-35-46(11)40(60-63(17,18)19)31(6)47(61-46,62-64(20,21)22)27(2)25-44(9,52-15)39(59-43-38(51-14)34(48(12)13)24-28(3)54-43)29(4)37(30(5)42(50)57-35)58-36-26-45(10,53-16)41(32(7)55-36)56-33(8)49;1-17-29-41(11,47)34(45)23(4)31(44)21(2)19-39(9,49-15)35(56-38-33(48-14)28(42(12)13)18-22(3)51-38)24(5)32(25(6)37(46)54-29)55-30-20-40(10,50-16)36(26(7)52-30)53-27(8)43/h27-32,34-41,43H,23-26H2,1-22H3;21-26,28-30,32-36,38,45,47H,17-20H2,1-16H3/t27-,28-,29+,30-,31-,32+,34+,35-,36?,37+,38-,39-,40-,41+,43+,44-,45-,46?,47?;21-,22-,23+,24+,25-,26+,28+,29-,30?,32+,33-,34-,35-,36+,38+,39-,40-,41-/m11/s1. The molecular formula is C88H162N2O28Si2. The normalized spacial score (nSPS) is 45.7. The number of aliphatic hydroxyl groups is 2. The lowest BCUT2D eigenvalue weighted by Crippen LogP contribution is -2.62. The lowest BCUT2D eigenvalue weighted by molar-refractivity contribution is -0.323. The van der Waals surface area contributed by atoms with Crippen LogP contribution in [0.15, 0.2) is 0 Å². The van der Waals surface area contributed by atoms with E-state index in [9.17, 15) is 29.4 Å². The first kappa shape index (κ1) is 106. The Morgan fingerprint density at radius 2 is 0.867 bits per heavy atom. The van der Waals surface area contributed by atoms with E-state index in [2.05, 4.69) is 69.9 Å². The molecule has 7 heterocycles. The number of hydrogen-bond donors (Lipinski definition) is 2. The predicted molar refractivity (Wildman–Crippen MR) is 454 cm³/mol. The molecule has 7 aliphatic heterocycles. The minimum atomic E-state index is -2.37. The summed E-state index contributed by atoms with van der Waals surface area (Å²) in [7, 11) is 13.1. The summed E-state index contributed by atoms with van der Waals surface area (Å²) in [6, 6.07) is -0.0763. The van der Waals surface area contributed by atoms with E-state index < -0.39 is 226 Å². The highest BCUT2D eigenvalue weighted by atomic mass is 28.4. The monoisotopic (exact) mass is 1750 g/mol. The first-order valence-corrected chi connectivity index (χ1v) is 50.7. The van der Waals surface area contributed by atoms with Crippen molar-refractivity contribution in [1.29, 1.82) is 0 Å². The summed E-state index contributed by atoms with van der Waals surface area (Å²) in [4.78, 5) is 72.1. The summed E-state index contributed by atoms with van der Waals surface area (Å²) < 4.78 is 138. The molecule has 0 spiro atoms. The van der Waals surface area contributed by atoms with Gasteiger partial charge in [0.2, 0.25) is 0 Å². The number of ketones is 1. The second-order valence-electron chi connectivity index (χ2n) is 39.7. The first-order valence-electron chi connectivity index (χ1n) is 43.9. The molecule has 0 aromatic rings. The molecular weight excluding hydrogens is 1590 g/mol. The van der Waals surface area contributed by atoms with Crippen molar-refractivity contribution in [1.82, 2.24) is 9.80 Å². The van der Waals surface area contributed by atoms with Crippen molar-refractivity contribution in [2.45, 2.75) is 417 Å². The average Bonchev–Trinajstić information content (AvgIpc) is 1.55. The van der Waals surface area contributed by atoms with Gasteiger partial charge in [0.25, 0.3) is 0 Å². The molecule has 2 bridgehead atoms. The summed E-state index contributed by atoms with van der Waals surface area (Å²) >= 11 is 0. The van der Waals surface area contributed by atoms with Crippen molar-refractivity contribution in [3.05, 3.63) is 0 Å². The van der Waals surface area contributed by atoms with E-state index in [0.717, 1.165) is 6.42 Å². The molecule has 7 rings (SSSR count).